The molecule has 0 fully saturated rings. The number of carbonyl (C=O) groups is 1. The number of halogens is 1. The fourth-order valence-electron chi connectivity index (χ4n) is 2.54. The molecule has 0 spiro atoms. The summed E-state index contributed by atoms with van der Waals surface area (Å²) in [5.74, 6) is 0.858. The second kappa shape index (κ2) is 9.15. The van der Waals surface area contributed by atoms with Crippen molar-refractivity contribution >= 4 is 17.4 Å². The molecule has 0 saturated carbocycles. The molecule has 0 aliphatic heterocycles. The number of rotatable bonds is 9. The van der Waals surface area contributed by atoms with Gasteiger partial charge in [0.1, 0.15) is 5.78 Å². The second-order valence-corrected chi connectivity index (χ2v) is 5.99. The van der Waals surface area contributed by atoms with Crippen LogP contribution in [0.25, 0.3) is 0 Å². The summed E-state index contributed by atoms with van der Waals surface area (Å²) in [4.78, 5) is 12.1. The van der Waals surface area contributed by atoms with Crippen molar-refractivity contribution < 1.29 is 4.79 Å². The zero-order valence-corrected chi connectivity index (χ0v) is 13.4. The van der Waals surface area contributed by atoms with E-state index in [-0.39, 0.29) is 5.78 Å². The molecule has 3 heteroatoms. The predicted molar refractivity (Wildman–Crippen MR) is 86.2 cm³/mol. The third-order valence-corrected chi connectivity index (χ3v) is 4.05. The number of Topliss-reactive ketones (excluding diaryl/α,β-unsaturated/α-hetero) is 1. The van der Waals surface area contributed by atoms with Crippen molar-refractivity contribution in [2.45, 2.75) is 52.4 Å². The van der Waals surface area contributed by atoms with Gasteiger partial charge in [-0.05, 0) is 49.4 Å². The lowest BCUT2D eigenvalue weighted by molar-refractivity contribution is -0.118. The summed E-state index contributed by atoms with van der Waals surface area (Å²) in [6.07, 6.45) is 5.37. The summed E-state index contributed by atoms with van der Waals surface area (Å²) < 4.78 is 0. The van der Waals surface area contributed by atoms with Crippen LogP contribution in [0.2, 0.25) is 5.02 Å². The van der Waals surface area contributed by atoms with E-state index in [9.17, 15) is 4.79 Å². The normalized spacial score (nSPS) is 12.4. The molecule has 0 amide bonds. The molecule has 1 unspecified atom stereocenters. The first kappa shape index (κ1) is 17.2. The average Bonchev–Trinajstić information content (AvgIpc) is 2.40. The first-order valence-corrected chi connectivity index (χ1v) is 7.91. The highest BCUT2D eigenvalue weighted by molar-refractivity contribution is 6.31. The zero-order valence-electron chi connectivity index (χ0n) is 12.6. The molecule has 0 radical (unpaired) electrons. The van der Waals surface area contributed by atoms with Gasteiger partial charge in [0.25, 0.3) is 0 Å². The molecule has 0 bridgehead atoms. The topological polar surface area (TPSA) is 43.1 Å². The van der Waals surface area contributed by atoms with E-state index in [1.807, 2.05) is 25.1 Å². The SMILES string of the molecule is CCCC(CCN)CCC(=O)Cc1ccc(C)cc1Cl. The van der Waals surface area contributed by atoms with Gasteiger partial charge in [-0.1, -0.05) is 43.5 Å². The average molecular weight is 296 g/mol. The molecular formula is C17H26ClNO. The van der Waals surface area contributed by atoms with Crippen molar-refractivity contribution in [3.8, 4) is 0 Å². The number of ketones is 1. The van der Waals surface area contributed by atoms with Crippen molar-refractivity contribution in [3.63, 3.8) is 0 Å². The summed E-state index contributed by atoms with van der Waals surface area (Å²) in [6, 6.07) is 5.88. The van der Waals surface area contributed by atoms with Gasteiger partial charge in [0.05, 0.1) is 0 Å². The van der Waals surface area contributed by atoms with Crippen molar-refractivity contribution in [1.29, 1.82) is 0 Å². The summed E-state index contributed by atoms with van der Waals surface area (Å²) in [5.41, 5.74) is 7.68. The largest absolute Gasteiger partial charge is 0.330 e. The Balaban J connectivity index is 2.46. The van der Waals surface area contributed by atoms with E-state index in [4.69, 9.17) is 17.3 Å². The zero-order chi connectivity index (χ0) is 15.0. The van der Waals surface area contributed by atoms with Gasteiger partial charge in [-0.3, -0.25) is 4.79 Å². The molecule has 2 nitrogen and oxygen atoms in total. The van der Waals surface area contributed by atoms with Crippen molar-refractivity contribution in [2.75, 3.05) is 6.54 Å². The molecule has 1 rings (SSSR count). The van der Waals surface area contributed by atoms with Gasteiger partial charge in [-0.15, -0.1) is 0 Å². The summed E-state index contributed by atoms with van der Waals surface area (Å²) in [6.45, 7) is 4.89. The third-order valence-electron chi connectivity index (χ3n) is 3.70. The molecule has 0 saturated heterocycles. The minimum Gasteiger partial charge on any atom is -0.330 e. The molecule has 20 heavy (non-hydrogen) atoms. The van der Waals surface area contributed by atoms with Gasteiger partial charge in [-0.25, -0.2) is 0 Å². The van der Waals surface area contributed by atoms with E-state index in [0.29, 0.717) is 30.3 Å². The van der Waals surface area contributed by atoms with Crippen LogP contribution in [-0.4, -0.2) is 12.3 Å². The highest BCUT2D eigenvalue weighted by atomic mass is 35.5. The molecule has 0 aliphatic rings. The van der Waals surface area contributed by atoms with Crippen LogP contribution in [0.1, 0.15) is 50.2 Å². The van der Waals surface area contributed by atoms with E-state index in [2.05, 4.69) is 6.92 Å². The number of carbonyl (C=O) groups excluding carboxylic acids is 1. The molecule has 0 aliphatic carbocycles. The monoisotopic (exact) mass is 295 g/mol. The number of aryl methyl sites for hydroxylation is 1. The van der Waals surface area contributed by atoms with E-state index >= 15 is 0 Å². The standard InChI is InChI=1S/C17H26ClNO/c1-3-4-14(9-10-19)6-8-16(20)12-15-7-5-13(2)11-17(15)18/h5,7,11,14H,3-4,6,8-10,12,19H2,1-2H3. The van der Waals surface area contributed by atoms with Crippen LogP contribution in [0.3, 0.4) is 0 Å². The number of benzene rings is 1. The summed E-state index contributed by atoms with van der Waals surface area (Å²) in [7, 11) is 0. The lowest BCUT2D eigenvalue weighted by Gasteiger charge is -2.14. The summed E-state index contributed by atoms with van der Waals surface area (Å²) >= 11 is 6.17. The Morgan fingerprint density at radius 3 is 2.65 bits per heavy atom. The number of nitrogens with two attached hydrogens (primary N) is 1. The van der Waals surface area contributed by atoms with Gasteiger partial charge >= 0.3 is 0 Å². The molecule has 1 atom stereocenters. The molecule has 0 heterocycles. The van der Waals surface area contributed by atoms with Crippen LogP contribution in [0, 0.1) is 12.8 Å². The lowest BCUT2D eigenvalue weighted by Crippen LogP contribution is -2.12. The molecule has 2 N–H and O–H groups in total. The first-order valence-electron chi connectivity index (χ1n) is 7.53. The Kier molecular flexibility index (Phi) is 7.86. The van der Waals surface area contributed by atoms with Crippen LogP contribution in [0.15, 0.2) is 18.2 Å². The van der Waals surface area contributed by atoms with E-state index in [1.54, 1.807) is 0 Å². The predicted octanol–water partition coefficient (Wildman–Crippen LogP) is 4.31. The maximum absolute atomic E-state index is 12.1. The van der Waals surface area contributed by atoms with Crippen LogP contribution < -0.4 is 5.73 Å². The Morgan fingerprint density at radius 1 is 1.30 bits per heavy atom. The Labute approximate surface area is 127 Å². The fourth-order valence-corrected chi connectivity index (χ4v) is 2.84. The molecular weight excluding hydrogens is 270 g/mol. The number of hydrogen-bond donors (Lipinski definition) is 1. The minimum absolute atomic E-state index is 0.272. The van der Waals surface area contributed by atoms with Gasteiger partial charge in [0.2, 0.25) is 0 Å². The van der Waals surface area contributed by atoms with E-state index in [0.717, 1.165) is 36.8 Å². The number of hydrogen-bond acceptors (Lipinski definition) is 2. The van der Waals surface area contributed by atoms with Crippen LogP contribution in [0.4, 0.5) is 0 Å². The maximum Gasteiger partial charge on any atom is 0.137 e. The van der Waals surface area contributed by atoms with Gasteiger partial charge < -0.3 is 5.73 Å². The van der Waals surface area contributed by atoms with Crippen LogP contribution in [0.5, 0.6) is 0 Å². The van der Waals surface area contributed by atoms with E-state index in [1.165, 1.54) is 0 Å². The minimum atomic E-state index is 0.272. The van der Waals surface area contributed by atoms with Crippen molar-refractivity contribution in [1.82, 2.24) is 0 Å². The van der Waals surface area contributed by atoms with E-state index < -0.39 is 0 Å². The second-order valence-electron chi connectivity index (χ2n) is 5.58. The third kappa shape index (κ3) is 6.06. The van der Waals surface area contributed by atoms with Crippen molar-refractivity contribution in [3.05, 3.63) is 34.3 Å². The molecule has 1 aromatic rings. The quantitative estimate of drug-likeness (QED) is 0.738. The van der Waals surface area contributed by atoms with Crippen LogP contribution >= 0.6 is 11.6 Å². The van der Waals surface area contributed by atoms with Crippen molar-refractivity contribution in [2.24, 2.45) is 11.7 Å². The van der Waals surface area contributed by atoms with Crippen LogP contribution in [-0.2, 0) is 11.2 Å². The summed E-state index contributed by atoms with van der Waals surface area (Å²) in [5, 5.41) is 0.699. The fraction of sp³-hybridized carbons (Fsp3) is 0.588. The Morgan fingerprint density at radius 2 is 2.05 bits per heavy atom. The van der Waals surface area contributed by atoms with Gasteiger partial charge in [-0.2, -0.15) is 0 Å². The maximum atomic E-state index is 12.1. The highest BCUT2D eigenvalue weighted by Crippen LogP contribution is 2.21. The van der Waals surface area contributed by atoms with Gasteiger partial charge in [0.15, 0.2) is 0 Å². The van der Waals surface area contributed by atoms with Gasteiger partial charge in [0, 0.05) is 17.9 Å². The Bertz CT molecular complexity index is 425. The lowest BCUT2D eigenvalue weighted by atomic mass is 9.92. The smallest absolute Gasteiger partial charge is 0.137 e. The molecule has 1 aromatic carbocycles. The first-order chi connectivity index (χ1) is 9.56. The Hall–Kier alpha value is -0.860. The highest BCUT2D eigenvalue weighted by Gasteiger charge is 2.12. The molecule has 112 valence electrons. The molecule has 0 aromatic heterocycles.